The van der Waals surface area contributed by atoms with Crippen LogP contribution >= 0.6 is 11.3 Å². The Balaban J connectivity index is 1.49. The predicted molar refractivity (Wildman–Crippen MR) is 74.0 cm³/mol. The van der Waals surface area contributed by atoms with E-state index in [-0.39, 0.29) is 0 Å². The largest absolute Gasteiger partial charge is 0.309 e. The summed E-state index contributed by atoms with van der Waals surface area (Å²) in [6.07, 6.45) is 5.92. The van der Waals surface area contributed by atoms with Crippen LogP contribution in [-0.2, 0) is 13.0 Å². The average molecular weight is 256 g/mol. The maximum Gasteiger partial charge on any atom is 0.101 e. The van der Waals surface area contributed by atoms with Crippen LogP contribution in [0.5, 0.6) is 0 Å². The summed E-state index contributed by atoms with van der Waals surface area (Å²) in [5.41, 5.74) is 2.98. The lowest BCUT2D eigenvalue weighted by molar-refractivity contribution is 0.693. The number of aromatic nitrogens is 1. The smallest absolute Gasteiger partial charge is 0.101 e. The van der Waals surface area contributed by atoms with Gasteiger partial charge in [0.25, 0.3) is 0 Å². The topological polar surface area (TPSA) is 24.9 Å². The van der Waals surface area contributed by atoms with Gasteiger partial charge in [0.15, 0.2) is 0 Å². The molecule has 1 atom stereocenters. The number of thiazole rings is 1. The third-order valence-electron chi connectivity index (χ3n) is 3.87. The van der Waals surface area contributed by atoms with E-state index in [1.54, 1.807) is 0 Å². The minimum absolute atomic E-state index is 0.556. The molecule has 4 rings (SSSR count). The molecule has 2 aliphatic carbocycles. The number of nitrogens with zero attached hydrogens (tertiary/aromatic N) is 1. The van der Waals surface area contributed by atoms with Crippen molar-refractivity contribution >= 4 is 11.3 Å². The normalized spacial score (nSPS) is 21.4. The van der Waals surface area contributed by atoms with Crippen LogP contribution in [0.15, 0.2) is 30.5 Å². The van der Waals surface area contributed by atoms with Gasteiger partial charge in [-0.3, -0.25) is 0 Å². The van der Waals surface area contributed by atoms with Crippen molar-refractivity contribution in [3.63, 3.8) is 0 Å². The van der Waals surface area contributed by atoms with Gasteiger partial charge in [0.2, 0.25) is 0 Å². The molecule has 0 amide bonds. The van der Waals surface area contributed by atoms with Crippen molar-refractivity contribution in [1.29, 1.82) is 0 Å². The Bertz CT molecular complexity index is 571. The second kappa shape index (κ2) is 4.18. The molecule has 0 bridgehead atoms. The zero-order valence-electron chi connectivity index (χ0n) is 10.2. The molecule has 2 nitrogen and oxygen atoms in total. The molecule has 0 aliphatic heterocycles. The summed E-state index contributed by atoms with van der Waals surface area (Å²) >= 11 is 1.88. The van der Waals surface area contributed by atoms with Crippen molar-refractivity contribution in [1.82, 2.24) is 10.3 Å². The van der Waals surface area contributed by atoms with Gasteiger partial charge in [-0.15, -0.1) is 11.3 Å². The first-order valence-corrected chi connectivity index (χ1v) is 7.47. The molecule has 1 heterocycles. The Morgan fingerprint density at radius 1 is 1.28 bits per heavy atom. The van der Waals surface area contributed by atoms with Crippen LogP contribution in [0.3, 0.4) is 0 Å². The molecule has 1 saturated carbocycles. The van der Waals surface area contributed by atoms with Crippen LogP contribution in [-0.4, -0.2) is 11.0 Å². The standard InChI is InChI=1S/C15H16N2S/c1-2-4-13-10(3-1)7-14(13)15-17-9-12(18-15)8-16-11-5-6-11/h1-4,9,11,14,16H,5-8H2. The predicted octanol–water partition coefficient (Wildman–Crippen LogP) is 3.08. The molecule has 0 spiro atoms. The summed E-state index contributed by atoms with van der Waals surface area (Å²) < 4.78 is 0. The van der Waals surface area contributed by atoms with Gasteiger partial charge in [-0.25, -0.2) is 4.98 Å². The SMILES string of the molecule is c1ccc2c(c1)CC2c1ncc(CNC2CC2)s1. The Morgan fingerprint density at radius 2 is 2.17 bits per heavy atom. The number of nitrogens with one attached hydrogen (secondary N) is 1. The zero-order chi connectivity index (χ0) is 11.9. The fourth-order valence-electron chi connectivity index (χ4n) is 2.58. The second-order valence-corrected chi connectivity index (χ2v) is 6.42. The molecule has 1 unspecified atom stereocenters. The first kappa shape index (κ1) is 10.7. The third kappa shape index (κ3) is 1.88. The molecule has 1 N–H and O–H groups in total. The Hall–Kier alpha value is -1.19. The fraction of sp³-hybridized carbons (Fsp3) is 0.400. The van der Waals surface area contributed by atoms with Crippen LogP contribution in [0, 0.1) is 0 Å². The number of benzene rings is 1. The molecule has 0 saturated heterocycles. The second-order valence-electron chi connectivity index (χ2n) is 5.28. The fourth-order valence-corrected chi connectivity index (χ4v) is 3.56. The highest BCUT2D eigenvalue weighted by molar-refractivity contribution is 7.11. The summed E-state index contributed by atoms with van der Waals surface area (Å²) in [4.78, 5) is 5.99. The number of rotatable bonds is 4. The molecule has 92 valence electrons. The van der Waals surface area contributed by atoms with Crippen molar-refractivity contribution < 1.29 is 0 Å². The van der Waals surface area contributed by atoms with Gasteiger partial charge in [-0.05, 0) is 30.4 Å². The number of hydrogen-bond acceptors (Lipinski definition) is 3. The first-order chi connectivity index (χ1) is 8.90. The van der Waals surface area contributed by atoms with Crippen LogP contribution in [0.25, 0.3) is 0 Å². The van der Waals surface area contributed by atoms with E-state index in [0.29, 0.717) is 5.92 Å². The van der Waals surface area contributed by atoms with E-state index < -0.39 is 0 Å². The molecule has 2 aromatic rings. The summed E-state index contributed by atoms with van der Waals surface area (Å²) in [5, 5.41) is 4.84. The summed E-state index contributed by atoms with van der Waals surface area (Å²) in [6, 6.07) is 9.51. The van der Waals surface area contributed by atoms with E-state index in [9.17, 15) is 0 Å². The minimum atomic E-state index is 0.556. The average Bonchev–Trinajstić information content (AvgIpc) is 3.08. The van der Waals surface area contributed by atoms with Crippen LogP contribution in [0.1, 0.15) is 39.8 Å². The quantitative estimate of drug-likeness (QED) is 0.909. The van der Waals surface area contributed by atoms with Gasteiger partial charge in [-0.2, -0.15) is 0 Å². The molecule has 1 aromatic carbocycles. The van der Waals surface area contributed by atoms with E-state index >= 15 is 0 Å². The van der Waals surface area contributed by atoms with Gasteiger partial charge in [0, 0.05) is 29.6 Å². The monoisotopic (exact) mass is 256 g/mol. The lowest BCUT2D eigenvalue weighted by atomic mass is 9.78. The maximum absolute atomic E-state index is 4.61. The zero-order valence-corrected chi connectivity index (χ0v) is 11.0. The third-order valence-corrected chi connectivity index (χ3v) is 4.98. The highest BCUT2D eigenvalue weighted by Crippen LogP contribution is 2.41. The molecule has 1 fully saturated rings. The van der Waals surface area contributed by atoms with Gasteiger partial charge in [0.1, 0.15) is 5.01 Å². The maximum atomic E-state index is 4.61. The Labute approximate surface area is 111 Å². The van der Waals surface area contributed by atoms with Crippen molar-refractivity contribution in [3.05, 3.63) is 51.5 Å². The molecule has 0 radical (unpaired) electrons. The van der Waals surface area contributed by atoms with Crippen molar-refractivity contribution in [2.45, 2.75) is 37.8 Å². The summed E-state index contributed by atoms with van der Waals surface area (Å²) in [5.74, 6) is 0.556. The van der Waals surface area contributed by atoms with Crippen LogP contribution < -0.4 is 5.32 Å². The molecular weight excluding hydrogens is 240 g/mol. The van der Waals surface area contributed by atoms with Gasteiger partial charge >= 0.3 is 0 Å². The van der Waals surface area contributed by atoms with E-state index in [0.717, 1.165) is 12.6 Å². The lowest BCUT2D eigenvalue weighted by Gasteiger charge is -2.28. The van der Waals surface area contributed by atoms with E-state index in [4.69, 9.17) is 0 Å². The molecular formula is C15H16N2S. The van der Waals surface area contributed by atoms with Crippen molar-refractivity contribution in [3.8, 4) is 0 Å². The van der Waals surface area contributed by atoms with E-state index in [1.165, 1.54) is 40.3 Å². The Kier molecular flexibility index (Phi) is 2.49. The van der Waals surface area contributed by atoms with Crippen molar-refractivity contribution in [2.24, 2.45) is 0 Å². The van der Waals surface area contributed by atoms with Gasteiger partial charge < -0.3 is 5.32 Å². The van der Waals surface area contributed by atoms with Crippen molar-refractivity contribution in [2.75, 3.05) is 0 Å². The molecule has 2 aliphatic rings. The summed E-state index contributed by atoms with van der Waals surface area (Å²) in [7, 11) is 0. The van der Waals surface area contributed by atoms with E-state index in [1.807, 2.05) is 11.3 Å². The lowest BCUT2D eigenvalue weighted by Crippen LogP contribution is -2.17. The molecule has 1 aromatic heterocycles. The van der Waals surface area contributed by atoms with E-state index in [2.05, 4.69) is 40.8 Å². The summed E-state index contributed by atoms with van der Waals surface area (Å²) in [6.45, 7) is 0.997. The molecule has 3 heteroatoms. The Morgan fingerprint density at radius 3 is 3.00 bits per heavy atom. The van der Waals surface area contributed by atoms with Crippen LogP contribution in [0.2, 0.25) is 0 Å². The number of hydrogen-bond donors (Lipinski definition) is 1. The highest BCUT2D eigenvalue weighted by atomic mass is 32.1. The van der Waals surface area contributed by atoms with Crippen LogP contribution in [0.4, 0.5) is 0 Å². The van der Waals surface area contributed by atoms with Gasteiger partial charge in [-0.1, -0.05) is 24.3 Å². The minimum Gasteiger partial charge on any atom is -0.309 e. The molecule has 18 heavy (non-hydrogen) atoms. The number of fused-ring (bicyclic) bond motifs is 1. The highest BCUT2D eigenvalue weighted by Gasteiger charge is 2.29. The first-order valence-electron chi connectivity index (χ1n) is 6.66. The van der Waals surface area contributed by atoms with Gasteiger partial charge in [0.05, 0.1) is 0 Å².